The summed E-state index contributed by atoms with van der Waals surface area (Å²) < 4.78 is 1.79. The van der Waals surface area contributed by atoms with Gasteiger partial charge >= 0.3 is 0 Å². The predicted molar refractivity (Wildman–Crippen MR) is 78.7 cm³/mol. The maximum atomic E-state index is 6.01. The minimum absolute atomic E-state index is 0. The Labute approximate surface area is 114 Å². The third-order valence-corrected chi connectivity index (χ3v) is 2.78. The largest absolute Gasteiger partial charge is 0.384 e. The van der Waals surface area contributed by atoms with Crippen molar-refractivity contribution in [1.82, 2.24) is 9.78 Å². The number of nitrogens with two attached hydrogens (primary N) is 1. The van der Waals surface area contributed by atoms with Crippen molar-refractivity contribution < 1.29 is 0 Å². The van der Waals surface area contributed by atoms with E-state index < -0.39 is 0 Å². The molecule has 3 nitrogen and oxygen atoms in total. The van der Waals surface area contributed by atoms with Crippen molar-refractivity contribution in [2.24, 2.45) is 0 Å². The highest BCUT2D eigenvalue weighted by molar-refractivity contribution is 5.85. The fourth-order valence-corrected chi connectivity index (χ4v) is 1.65. The normalized spacial score (nSPS) is 11.1. The summed E-state index contributed by atoms with van der Waals surface area (Å²) in [7, 11) is 0. The van der Waals surface area contributed by atoms with Gasteiger partial charge in [-0.3, -0.25) is 0 Å². The lowest BCUT2D eigenvalue weighted by molar-refractivity contribution is 0.560. The molecule has 0 spiro atoms. The van der Waals surface area contributed by atoms with E-state index in [9.17, 15) is 0 Å². The highest BCUT2D eigenvalue weighted by Gasteiger charge is 2.19. The number of aryl methyl sites for hydroxylation is 1. The molecule has 2 aromatic rings. The Morgan fingerprint density at radius 3 is 2.11 bits per heavy atom. The van der Waals surface area contributed by atoms with Crippen LogP contribution in [0.15, 0.2) is 30.3 Å². The molecule has 0 atom stereocenters. The molecule has 0 aliphatic rings. The molecule has 0 saturated carbocycles. The maximum Gasteiger partial charge on any atom is 0.127 e. The fraction of sp³-hybridized carbons (Fsp3) is 0.357. The van der Waals surface area contributed by atoms with Gasteiger partial charge in [0, 0.05) is 11.5 Å². The van der Waals surface area contributed by atoms with E-state index in [4.69, 9.17) is 5.73 Å². The Morgan fingerprint density at radius 1 is 1.11 bits per heavy atom. The topological polar surface area (TPSA) is 43.8 Å². The molecule has 1 aromatic carbocycles. The molecule has 2 N–H and O–H groups in total. The fourth-order valence-electron chi connectivity index (χ4n) is 1.65. The number of halogens is 1. The van der Waals surface area contributed by atoms with Crippen molar-refractivity contribution in [3.05, 3.63) is 41.6 Å². The Morgan fingerprint density at radius 2 is 1.67 bits per heavy atom. The van der Waals surface area contributed by atoms with Crippen molar-refractivity contribution in [2.75, 3.05) is 5.73 Å². The van der Waals surface area contributed by atoms with E-state index in [1.807, 2.05) is 18.2 Å². The summed E-state index contributed by atoms with van der Waals surface area (Å²) in [5, 5.41) is 4.57. The number of anilines is 1. The summed E-state index contributed by atoms with van der Waals surface area (Å²) in [5.41, 5.74) is 9.27. The first-order chi connectivity index (χ1) is 7.88. The van der Waals surface area contributed by atoms with Gasteiger partial charge in [-0.1, -0.05) is 38.5 Å². The lowest BCUT2D eigenvalue weighted by Crippen LogP contribution is -2.12. The molecular weight excluding hydrogens is 246 g/mol. The van der Waals surface area contributed by atoms with Gasteiger partial charge in [0.05, 0.1) is 11.4 Å². The minimum Gasteiger partial charge on any atom is -0.384 e. The van der Waals surface area contributed by atoms with Crippen LogP contribution in [0.2, 0.25) is 0 Å². The van der Waals surface area contributed by atoms with Crippen LogP contribution in [0.5, 0.6) is 0 Å². The highest BCUT2D eigenvalue weighted by Crippen LogP contribution is 2.24. The quantitative estimate of drug-likeness (QED) is 0.858. The van der Waals surface area contributed by atoms with Crippen molar-refractivity contribution in [1.29, 1.82) is 0 Å². The van der Waals surface area contributed by atoms with E-state index in [0.717, 1.165) is 11.4 Å². The van der Waals surface area contributed by atoms with Crippen LogP contribution in [-0.2, 0) is 5.41 Å². The Hall–Kier alpha value is -1.48. The van der Waals surface area contributed by atoms with Gasteiger partial charge in [-0.05, 0) is 19.1 Å². The average molecular weight is 266 g/mol. The zero-order valence-electron chi connectivity index (χ0n) is 11.3. The second kappa shape index (κ2) is 5.02. The molecule has 0 aliphatic heterocycles. The van der Waals surface area contributed by atoms with E-state index in [1.54, 1.807) is 4.68 Å². The third kappa shape index (κ3) is 2.85. The van der Waals surface area contributed by atoms with Crippen molar-refractivity contribution in [2.45, 2.75) is 33.1 Å². The number of aromatic nitrogens is 2. The van der Waals surface area contributed by atoms with Crippen LogP contribution in [0.25, 0.3) is 5.69 Å². The SMILES string of the molecule is Cc1ccc(-n2nc(C(C)(C)C)cc2N)cc1.Cl. The lowest BCUT2D eigenvalue weighted by Gasteiger charge is -2.14. The molecule has 0 aliphatic carbocycles. The summed E-state index contributed by atoms with van der Waals surface area (Å²) in [6, 6.07) is 10.1. The van der Waals surface area contributed by atoms with Gasteiger partial charge in [0.2, 0.25) is 0 Å². The highest BCUT2D eigenvalue weighted by atomic mass is 35.5. The molecule has 4 heteroatoms. The summed E-state index contributed by atoms with van der Waals surface area (Å²) in [4.78, 5) is 0. The maximum absolute atomic E-state index is 6.01. The molecular formula is C14H20ClN3. The molecule has 0 saturated heterocycles. The van der Waals surface area contributed by atoms with Gasteiger partial charge in [0.1, 0.15) is 5.82 Å². The van der Waals surface area contributed by atoms with Gasteiger partial charge in [-0.2, -0.15) is 5.10 Å². The number of nitrogens with zero attached hydrogens (tertiary/aromatic N) is 2. The van der Waals surface area contributed by atoms with E-state index in [2.05, 4.69) is 44.9 Å². The molecule has 2 rings (SSSR count). The predicted octanol–water partition coefficient (Wildman–Crippen LogP) is 3.48. The van der Waals surface area contributed by atoms with E-state index in [-0.39, 0.29) is 17.8 Å². The molecule has 0 amide bonds. The van der Waals surface area contributed by atoms with Gasteiger partial charge in [0.15, 0.2) is 0 Å². The van der Waals surface area contributed by atoms with Gasteiger partial charge in [-0.25, -0.2) is 4.68 Å². The first-order valence-corrected chi connectivity index (χ1v) is 5.81. The number of rotatable bonds is 1. The van der Waals surface area contributed by atoms with Crippen molar-refractivity contribution in [3.8, 4) is 5.69 Å². The zero-order chi connectivity index (χ0) is 12.6. The van der Waals surface area contributed by atoms with E-state index >= 15 is 0 Å². The summed E-state index contributed by atoms with van der Waals surface area (Å²) in [6.07, 6.45) is 0. The second-order valence-electron chi connectivity index (χ2n) is 5.45. The molecule has 0 bridgehead atoms. The van der Waals surface area contributed by atoms with Crippen LogP contribution in [0, 0.1) is 6.92 Å². The van der Waals surface area contributed by atoms with Crippen LogP contribution in [0.1, 0.15) is 32.0 Å². The van der Waals surface area contributed by atoms with Crippen LogP contribution < -0.4 is 5.73 Å². The summed E-state index contributed by atoms with van der Waals surface area (Å²) in [5.74, 6) is 0.679. The number of benzene rings is 1. The van der Waals surface area contributed by atoms with Crippen molar-refractivity contribution >= 4 is 18.2 Å². The zero-order valence-corrected chi connectivity index (χ0v) is 12.1. The van der Waals surface area contributed by atoms with Gasteiger partial charge < -0.3 is 5.73 Å². The van der Waals surface area contributed by atoms with Gasteiger partial charge in [-0.15, -0.1) is 12.4 Å². The average Bonchev–Trinajstić information content (AvgIpc) is 2.61. The Kier molecular flexibility index (Phi) is 4.07. The molecule has 1 aromatic heterocycles. The molecule has 0 fully saturated rings. The number of hydrogen-bond donors (Lipinski definition) is 1. The molecule has 1 heterocycles. The van der Waals surface area contributed by atoms with E-state index in [1.165, 1.54) is 5.56 Å². The van der Waals surface area contributed by atoms with Crippen LogP contribution in [-0.4, -0.2) is 9.78 Å². The monoisotopic (exact) mass is 265 g/mol. The first-order valence-electron chi connectivity index (χ1n) is 5.81. The molecule has 0 radical (unpaired) electrons. The summed E-state index contributed by atoms with van der Waals surface area (Å²) >= 11 is 0. The van der Waals surface area contributed by atoms with Crippen LogP contribution >= 0.6 is 12.4 Å². The van der Waals surface area contributed by atoms with Gasteiger partial charge in [0.25, 0.3) is 0 Å². The first kappa shape index (κ1) is 14.6. The lowest BCUT2D eigenvalue weighted by atomic mass is 9.92. The smallest absolute Gasteiger partial charge is 0.127 e. The Bertz CT molecular complexity index is 521. The van der Waals surface area contributed by atoms with Crippen molar-refractivity contribution in [3.63, 3.8) is 0 Å². The number of nitrogen functional groups attached to an aromatic ring is 1. The van der Waals surface area contributed by atoms with E-state index in [0.29, 0.717) is 5.82 Å². The summed E-state index contributed by atoms with van der Waals surface area (Å²) in [6.45, 7) is 8.47. The van der Waals surface area contributed by atoms with Crippen LogP contribution in [0.4, 0.5) is 5.82 Å². The Balaban J connectivity index is 0.00000162. The molecule has 18 heavy (non-hydrogen) atoms. The van der Waals surface area contributed by atoms with Crippen LogP contribution in [0.3, 0.4) is 0 Å². The molecule has 0 unspecified atom stereocenters. The molecule has 98 valence electrons. The second-order valence-corrected chi connectivity index (χ2v) is 5.45. The third-order valence-electron chi connectivity index (χ3n) is 2.78. The standard InChI is InChI=1S/C14H19N3.ClH/c1-10-5-7-11(8-6-10)17-13(15)9-12(16-17)14(2,3)4;/h5-9H,15H2,1-4H3;1H. The number of hydrogen-bond acceptors (Lipinski definition) is 2. The minimum atomic E-state index is 0.